The quantitative estimate of drug-likeness (QED) is 0.813. The van der Waals surface area contributed by atoms with Crippen LogP contribution in [0.4, 0.5) is 18.9 Å². The van der Waals surface area contributed by atoms with E-state index in [0.717, 1.165) is 0 Å². The van der Waals surface area contributed by atoms with E-state index < -0.39 is 12.4 Å². The van der Waals surface area contributed by atoms with E-state index in [9.17, 15) is 13.2 Å². The zero-order valence-electron chi connectivity index (χ0n) is 11.1. The molecule has 0 radical (unpaired) electrons. The molecule has 112 valence electrons. The highest BCUT2D eigenvalue weighted by Gasteiger charge is 2.12. The predicted molar refractivity (Wildman–Crippen MR) is 76.5 cm³/mol. The van der Waals surface area contributed by atoms with Gasteiger partial charge in [-0.2, -0.15) is 8.78 Å². The van der Waals surface area contributed by atoms with Gasteiger partial charge in [0.1, 0.15) is 5.75 Å². The predicted octanol–water partition coefficient (Wildman–Crippen LogP) is 5.25. The maximum atomic E-state index is 13.8. The van der Waals surface area contributed by atoms with E-state index in [1.54, 1.807) is 31.2 Å². The Bertz CT molecular complexity index is 622. The number of hydrogen-bond acceptors (Lipinski definition) is 2. The summed E-state index contributed by atoms with van der Waals surface area (Å²) in [6.45, 7) is -1.10. The normalized spacial score (nSPS) is 12.3. The molecule has 21 heavy (non-hydrogen) atoms. The van der Waals surface area contributed by atoms with Gasteiger partial charge in [-0.3, -0.25) is 0 Å². The molecule has 6 heteroatoms. The minimum atomic E-state index is -2.88. The Labute approximate surface area is 125 Å². The summed E-state index contributed by atoms with van der Waals surface area (Å²) in [5.41, 5.74) is 0.933. The molecule has 1 atom stereocenters. The third-order valence-corrected chi connectivity index (χ3v) is 3.20. The third kappa shape index (κ3) is 4.04. The Hall–Kier alpha value is -1.88. The van der Waals surface area contributed by atoms with E-state index in [1.807, 2.05) is 0 Å². The van der Waals surface area contributed by atoms with Crippen molar-refractivity contribution in [2.24, 2.45) is 0 Å². The van der Waals surface area contributed by atoms with Crippen LogP contribution >= 0.6 is 11.6 Å². The van der Waals surface area contributed by atoms with Gasteiger partial charge in [0.15, 0.2) is 5.82 Å². The number of nitrogens with one attached hydrogen (secondary N) is 1. The van der Waals surface area contributed by atoms with Crippen molar-refractivity contribution in [3.05, 3.63) is 58.9 Å². The van der Waals surface area contributed by atoms with Gasteiger partial charge < -0.3 is 10.1 Å². The largest absolute Gasteiger partial charge is 0.435 e. The summed E-state index contributed by atoms with van der Waals surface area (Å²) >= 11 is 5.71. The van der Waals surface area contributed by atoms with E-state index in [1.165, 1.54) is 18.2 Å². The van der Waals surface area contributed by atoms with Gasteiger partial charge in [0, 0.05) is 6.04 Å². The van der Waals surface area contributed by atoms with Crippen LogP contribution in [0.5, 0.6) is 5.75 Å². The molecule has 2 aromatic rings. The molecule has 0 aliphatic carbocycles. The Morgan fingerprint density at radius 3 is 2.57 bits per heavy atom. The number of benzene rings is 2. The lowest BCUT2D eigenvalue weighted by molar-refractivity contribution is -0.0498. The Morgan fingerprint density at radius 2 is 1.86 bits per heavy atom. The first-order valence-electron chi connectivity index (χ1n) is 6.22. The molecule has 1 N–H and O–H groups in total. The van der Waals surface area contributed by atoms with Crippen molar-refractivity contribution in [3.63, 3.8) is 0 Å². The fraction of sp³-hybridized carbons (Fsp3) is 0.200. The van der Waals surface area contributed by atoms with Crippen LogP contribution in [-0.4, -0.2) is 6.61 Å². The molecule has 1 unspecified atom stereocenters. The van der Waals surface area contributed by atoms with Crippen molar-refractivity contribution < 1.29 is 17.9 Å². The summed E-state index contributed by atoms with van der Waals surface area (Å²) in [5, 5.41) is 2.96. The van der Waals surface area contributed by atoms with E-state index in [2.05, 4.69) is 10.1 Å². The summed E-state index contributed by atoms with van der Waals surface area (Å²) in [6, 6.07) is 10.6. The average Bonchev–Trinajstić information content (AvgIpc) is 2.43. The third-order valence-electron chi connectivity index (χ3n) is 2.91. The topological polar surface area (TPSA) is 21.3 Å². The maximum absolute atomic E-state index is 13.8. The van der Waals surface area contributed by atoms with Gasteiger partial charge in [-0.1, -0.05) is 29.8 Å². The van der Waals surface area contributed by atoms with Gasteiger partial charge in [-0.15, -0.1) is 0 Å². The van der Waals surface area contributed by atoms with Crippen molar-refractivity contribution in [1.82, 2.24) is 0 Å². The Balaban J connectivity index is 2.16. The SMILES string of the molecule is CC(Nc1cccc(Cl)c1F)c1cccc(OC(F)F)c1. The summed E-state index contributed by atoms with van der Waals surface area (Å²) in [7, 11) is 0. The van der Waals surface area contributed by atoms with Crippen molar-refractivity contribution in [2.75, 3.05) is 5.32 Å². The second kappa shape index (κ2) is 6.72. The highest BCUT2D eigenvalue weighted by atomic mass is 35.5. The molecule has 0 heterocycles. The summed E-state index contributed by atoms with van der Waals surface area (Å²) < 4.78 is 42.5. The molecular weight excluding hydrogens is 303 g/mol. The molecule has 2 aromatic carbocycles. The molecule has 0 aliphatic heterocycles. The highest BCUT2D eigenvalue weighted by Crippen LogP contribution is 2.27. The fourth-order valence-corrected chi connectivity index (χ4v) is 2.07. The van der Waals surface area contributed by atoms with E-state index >= 15 is 0 Å². The van der Waals surface area contributed by atoms with E-state index in [-0.39, 0.29) is 22.5 Å². The van der Waals surface area contributed by atoms with E-state index in [4.69, 9.17) is 11.6 Å². The highest BCUT2D eigenvalue weighted by molar-refractivity contribution is 6.31. The van der Waals surface area contributed by atoms with Crippen LogP contribution in [0.2, 0.25) is 5.02 Å². The standard InChI is InChI=1S/C15H13ClF3NO/c1-9(20-13-7-3-6-12(16)14(13)17)10-4-2-5-11(8-10)21-15(18)19/h2-9,15,20H,1H3. The lowest BCUT2D eigenvalue weighted by atomic mass is 10.1. The van der Waals surface area contributed by atoms with Crippen molar-refractivity contribution in [2.45, 2.75) is 19.6 Å². The zero-order valence-corrected chi connectivity index (χ0v) is 11.9. The molecule has 2 nitrogen and oxygen atoms in total. The van der Waals surface area contributed by atoms with Gasteiger partial charge in [0.05, 0.1) is 10.7 Å². The molecule has 0 fully saturated rings. The van der Waals surface area contributed by atoms with E-state index in [0.29, 0.717) is 5.56 Å². The van der Waals surface area contributed by atoms with Gasteiger partial charge in [-0.25, -0.2) is 4.39 Å². The molecule has 2 rings (SSSR count). The monoisotopic (exact) mass is 315 g/mol. The van der Waals surface area contributed by atoms with Crippen molar-refractivity contribution in [1.29, 1.82) is 0 Å². The van der Waals surface area contributed by atoms with Crippen LogP contribution in [0.15, 0.2) is 42.5 Å². The van der Waals surface area contributed by atoms with Crippen LogP contribution in [0, 0.1) is 5.82 Å². The maximum Gasteiger partial charge on any atom is 0.387 e. The summed E-state index contributed by atoms with van der Waals surface area (Å²) in [6.07, 6.45) is 0. The van der Waals surface area contributed by atoms with Crippen molar-refractivity contribution in [3.8, 4) is 5.75 Å². The number of ether oxygens (including phenoxy) is 1. The molecule has 0 saturated heterocycles. The van der Waals surface area contributed by atoms with Crippen LogP contribution in [-0.2, 0) is 0 Å². The fourth-order valence-electron chi connectivity index (χ4n) is 1.89. The molecule has 0 amide bonds. The van der Waals surface area contributed by atoms with Gasteiger partial charge in [-0.05, 0) is 36.8 Å². The molecular formula is C15H13ClF3NO. The number of hydrogen-bond donors (Lipinski definition) is 1. The second-order valence-electron chi connectivity index (χ2n) is 4.42. The number of anilines is 1. The zero-order chi connectivity index (χ0) is 15.4. The van der Waals surface area contributed by atoms with Crippen LogP contribution in [0.1, 0.15) is 18.5 Å². The molecule has 0 spiro atoms. The first-order chi connectivity index (χ1) is 9.97. The Kier molecular flexibility index (Phi) is 4.96. The van der Waals surface area contributed by atoms with Crippen LogP contribution < -0.4 is 10.1 Å². The smallest absolute Gasteiger partial charge is 0.387 e. The average molecular weight is 316 g/mol. The van der Waals surface area contributed by atoms with Crippen LogP contribution in [0.25, 0.3) is 0 Å². The van der Waals surface area contributed by atoms with Gasteiger partial charge >= 0.3 is 6.61 Å². The molecule has 0 bridgehead atoms. The van der Waals surface area contributed by atoms with Gasteiger partial charge in [0.25, 0.3) is 0 Å². The number of rotatable bonds is 5. The lowest BCUT2D eigenvalue weighted by Crippen LogP contribution is -2.09. The molecule has 0 saturated carbocycles. The first kappa shape index (κ1) is 15.5. The minimum Gasteiger partial charge on any atom is -0.435 e. The Morgan fingerprint density at radius 1 is 1.14 bits per heavy atom. The minimum absolute atomic E-state index is 0.0157. The van der Waals surface area contributed by atoms with Gasteiger partial charge in [0.2, 0.25) is 0 Å². The summed E-state index contributed by atoms with van der Waals surface area (Å²) in [4.78, 5) is 0. The molecule has 0 aromatic heterocycles. The lowest BCUT2D eigenvalue weighted by Gasteiger charge is -2.17. The summed E-state index contributed by atoms with van der Waals surface area (Å²) in [5.74, 6) is -0.492. The molecule has 0 aliphatic rings. The number of alkyl halides is 2. The van der Waals surface area contributed by atoms with Crippen LogP contribution in [0.3, 0.4) is 0 Å². The number of halogens is 4. The first-order valence-corrected chi connectivity index (χ1v) is 6.60. The van der Waals surface area contributed by atoms with Crippen molar-refractivity contribution >= 4 is 17.3 Å². The second-order valence-corrected chi connectivity index (χ2v) is 4.83.